The standard InChI is InChI=1S/C15H12N2O/c1-11-6-8-13(9-7-11)17-15(18)14-5-3-2-4-12(14)10-16/h2-9H,1H3,(H,17,18). The van der Waals surface area contributed by atoms with Gasteiger partial charge in [-0.25, -0.2) is 0 Å². The van der Waals surface area contributed by atoms with Crippen molar-refractivity contribution in [2.24, 2.45) is 0 Å². The number of hydrogen-bond donors (Lipinski definition) is 1. The van der Waals surface area contributed by atoms with Gasteiger partial charge in [0, 0.05) is 5.69 Å². The second-order valence-corrected chi connectivity index (χ2v) is 3.98. The molecule has 0 spiro atoms. The molecule has 2 aromatic rings. The average Bonchev–Trinajstić information content (AvgIpc) is 2.41. The Morgan fingerprint density at radius 3 is 2.44 bits per heavy atom. The summed E-state index contributed by atoms with van der Waals surface area (Å²) in [5, 5.41) is 11.7. The number of rotatable bonds is 2. The van der Waals surface area contributed by atoms with Crippen LogP contribution in [0.2, 0.25) is 0 Å². The molecule has 3 heteroatoms. The Labute approximate surface area is 106 Å². The Hall–Kier alpha value is -2.60. The zero-order chi connectivity index (χ0) is 13.0. The molecule has 0 aliphatic rings. The number of carbonyl (C=O) groups excluding carboxylic acids is 1. The van der Waals surface area contributed by atoms with Crippen molar-refractivity contribution in [1.82, 2.24) is 0 Å². The van der Waals surface area contributed by atoms with Crippen LogP contribution in [0.25, 0.3) is 0 Å². The fourth-order valence-corrected chi connectivity index (χ4v) is 1.61. The lowest BCUT2D eigenvalue weighted by atomic mass is 10.1. The van der Waals surface area contributed by atoms with E-state index in [1.165, 1.54) is 0 Å². The third kappa shape index (κ3) is 2.55. The van der Waals surface area contributed by atoms with E-state index in [9.17, 15) is 4.79 Å². The van der Waals surface area contributed by atoms with E-state index in [1.54, 1.807) is 24.3 Å². The number of nitriles is 1. The maximum atomic E-state index is 12.0. The lowest BCUT2D eigenvalue weighted by Gasteiger charge is -2.06. The molecule has 0 aromatic heterocycles. The summed E-state index contributed by atoms with van der Waals surface area (Å²) < 4.78 is 0. The van der Waals surface area contributed by atoms with Gasteiger partial charge in [0.1, 0.15) is 0 Å². The lowest BCUT2D eigenvalue weighted by molar-refractivity contribution is 0.102. The zero-order valence-electron chi connectivity index (χ0n) is 9.97. The highest BCUT2D eigenvalue weighted by Gasteiger charge is 2.10. The van der Waals surface area contributed by atoms with Gasteiger partial charge in [-0.15, -0.1) is 0 Å². The molecule has 0 bridgehead atoms. The van der Waals surface area contributed by atoms with Crippen molar-refractivity contribution in [2.45, 2.75) is 6.92 Å². The Kier molecular flexibility index (Phi) is 3.40. The molecule has 18 heavy (non-hydrogen) atoms. The third-order valence-electron chi connectivity index (χ3n) is 2.60. The van der Waals surface area contributed by atoms with Crippen molar-refractivity contribution >= 4 is 11.6 Å². The van der Waals surface area contributed by atoms with E-state index < -0.39 is 0 Å². The summed E-state index contributed by atoms with van der Waals surface area (Å²) in [6.45, 7) is 1.98. The van der Waals surface area contributed by atoms with Gasteiger partial charge in [0.2, 0.25) is 0 Å². The molecule has 2 rings (SSSR count). The summed E-state index contributed by atoms with van der Waals surface area (Å²) in [7, 11) is 0. The molecule has 1 amide bonds. The number of hydrogen-bond acceptors (Lipinski definition) is 2. The third-order valence-corrected chi connectivity index (χ3v) is 2.60. The summed E-state index contributed by atoms with van der Waals surface area (Å²) in [5.74, 6) is -0.268. The molecule has 88 valence electrons. The van der Waals surface area contributed by atoms with E-state index in [0.717, 1.165) is 11.3 Å². The van der Waals surface area contributed by atoms with Crippen LogP contribution >= 0.6 is 0 Å². The summed E-state index contributed by atoms with van der Waals surface area (Å²) in [4.78, 5) is 12.0. The SMILES string of the molecule is Cc1ccc(NC(=O)c2ccccc2C#N)cc1. The second kappa shape index (κ2) is 5.15. The zero-order valence-corrected chi connectivity index (χ0v) is 9.97. The highest BCUT2D eigenvalue weighted by molar-refractivity contribution is 6.05. The van der Waals surface area contributed by atoms with Crippen LogP contribution in [-0.2, 0) is 0 Å². The molecule has 2 aromatic carbocycles. The number of amides is 1. The molecule has 0 heterocycles. The Morgan fingerprint density at radius 2 is 1.78 bits per heavy atom. The average molecular weight is 236 g/mol. The molecule has 0 saturated heterocycles. The van der Waals surface area contributed by atoms with Crippen LogP contribution in [0.5, 0.6) is 0 Å². The van der Waals surface area contributed by atoms with Gasteiger partial charge in [-0.2, -0.15) is 5.26 Å². The molecule has 0 fully saturated rings. The predicted molar refractivity (Wildman–Crippen MR) is 70.3 cm³/mol. The van der Waals surface area contributed by atoms with Gasteiger partial charge < -0.3 is 5.32 Å². The monoisotopic (exact) mass is 236 g/mol. The van der Waals surface area contributed by atoms with Crippen LogP contribution in [0.1, 0.15) is 21.5 Å². The Morgan fingerprint density at radius 1 is 1.11 bits per heavy atom. The molecule has 0 aliphatic carbocycles. The van der Waals surface area contributed by atoms with Gasteiger partial charge in [0.15, 0.2) is 0 Å². The van der Waals surface area contributed by atoms with Gasteiger partial charge in [0.25, 0.3) is 5.91 Å². The number of benzene rings is 2. The highest BCUT2D eigenvalue weighted by Crippen LogP contribution is 2.13. The van der Waals surface area contributed by atoms with Crippen molar-refractivity contribution in [3.63, 3.8) is 0 Å². The molecule has 0 aliphatic heterocycles. The largest absolute Gasteiger partial charge is 0.322 e. The van der Waals surface area contributed by atoms with Crippen molar-refractivity contribution < 1.29 is 4.79 Å². The maximum Gasteiger partial charge on any atom is 0.257 e. The first-order chi connectivity index (χ1) is 8.70. The van der Waals surface area contributed by atoms with E-state index in [0.29, 0.717) is 11.1 Å². The smallest absolute Gasteiger partial charge is 0.257 e. The molecule has 0 saturated carbocycles. The van der Waals surface area contributed by atoms with Gasteiger partial charge in [-0.1, -0.05) is 29.8 Å². The summed E-state index contributed by atoms with van der Waals surface area (Å²) in [5.41, 5.74) is 2.62. The Balaban J connectivity index is 2.22. The first kappa shape index (κ1) is 11.9. The van der Waals surface area contributed by atoms with E-state index in [4.69, 9.17) is 5.26 Å². The summed E-state index contributed by atoms with van der Waals surface area (Å²) in [6.07, 6.45) is 0. The van der Waals surface area contributed by atoms with Crippen LogP contribution < -0.4 is 5.32 Å². The predicted octanol–water partition coefficient (Wildman–Crippen LogP) is 3.12. The van der Waals surface area contributed by atoms with E-state index >= 15 is 0 Å². The second-order valence-electron chi connectivity index (χ2n) is 3.98. The number of nitrogens with one attached hydrogen (secondary N) is 1. The topological polar surface area (TPSA) is 52.9 Å². The van der Waals surface area contributed by atoms with Crippen molar-refractivity contribution in [2.75, 3.05) is 5.32 Å². The lowest BCUT2D eigenvalue weighted by Crippen LogP contribution is -2.13. The van der Waals surface area contributed by atoms with Gasteiger partial charge in [-0.05, 0) is 31.2 Å². The number of anilines is 1. The molecule has 0 atom stereocenters. The minimum absolute atomic E-state index is 0.268. The molecule has 0 unspecified atom stereocenters. The normalized spacial score (nSPS) is 9.56. The van der Waals surface area contributed by atoms with Crippen LogP contribution in [0.4, 0.5) is 5.69 Å². The summed E-state index contributed by atoms with van der Waals surface area (Å²) >= 11 is 0. The van der Waals surface area contributed by atoms with Crippen molar-refractivity contribution in [1.29, 1.82) is 5.26 Å². The van der Waals surface area contributed by atoms with Crippen molar-refractivity contribution in [3.05, 3.63) is 65.2 Å². The first-order valence-electron chi connectivity index (χ1n) is 5.58. The maximum absolute atomic E-state index is 12.0. The Bertz CT molecular complexity index is 609. The van der Waals surface area contributed by atoms with Crippen LogP contribution in [0.3, 0.4) is 0 Å². The fraction of sp³-hybridized carbons (Fsp3) is 0.0667. The quantitative estimate of drug-likeness (QED) is 0.870. The number of nitrogens with zero attached hydrogens (tertiary/aromatic N) is 1. The summed E-state index contributed by atoms with van der Waals surface area (Å²) in [6, 6.07) is 16.3. The molecular weight excluding hydrogens is 224 g/mol. The first-order valence-corrected chi connectivity index (χ1v) is 5.58. The van der Waals surface area contributed by atoms with E-state index in [1.807, 2.05) is 37.3 Å². The van der Waals surface area contributed by atoms with Crippen LogP contribution in [-0.4, -0.2) is 5.91 Å². The molecule has 3 nitrogen and oxygen atoms in total. The highest BCUT2D eigenvalue weighted by atomic mass is 16.1. The number of aryl methyl sites for hydroxylation is 1. The van der Waals surface area contributed by atoms with Crippen LogP contribution in [0, 0.1) is 18.3 Å². The minimum atomic E-state index is -0.268. The van der Waals surface area contributed by atoms with Crippen molar-refractivity contribution in [3.8, 4) is 6.07 Å². The van der Waals surface area contributed by atoms with Gasteiger partial charge >= 0.3 is 0 Å². The fourth-order valence-electron chi connectivity index (χ4n) is 1.61. The minimum Gasteiger partial charge on any atom is -0.322 e. The molecule has 1 N–H and O–H groups in total. The molecule has 0 radical (unpaired) electrons. The van der Waals surface area contributed by atoms with E-state index in [-0.39, 0.29) is 5.91 Å². The van der Waals surface area contributed by atoms with Gasteiger partial charge in [-0.3, -0.25) is 4.79 Å². The molecular formula is C15H12N2O. The number of carbonyl (C=O) groups is 1. The van der Waals surface area contributed by atoms with E-state index in [2.05, 4.69) is 5.32 Å². The van der Waals surface area contributed by atoms with Crippen LogP contribution in [0.15, 0.2) is 48.5 Å². The van der Waals surface area contributed by atoms with Gasteiger partial charge in [0.05, 0.1) is 17.2 Å².